The average Bonchev–Trinajstić information content (AvgIpc) is 2.79. The molecule has 1 unspecified atom stereocenters. The second-order valence-electron chi connectivity index (χ2n) is 9.46. The van der Waals surface area contributed by atoms with E-state index in [1.54, 1.807) is 0 Å². The molecule has 3 rings (SSSR count). The van der Waals surface area contributed by atoms with Gasteiger partial charge in [0.15, 0.2) is 0 Å². The number of fused-ring (bicyclic) bond motifs is 1. The van der Waals surface area contributed by atoms with Crippen LogP contribution in [0.3, 0.4) is 0 Å². The molecule has 0 spiro atoms. The molecular formula is C26H40N2O4. The third kappa shape index (κ3) is 6.71. The molecule has 2 heterocycles. The zero-order chi connectivity index (χ0) is 22.9. The van der Waals surface area contributed by atoms with Crippen molar-refractivity contribution in [3.63, 3.8) is 0 Å². The van der Waals surface area contributed by atoms with E-state index in [4.69, 9.17) is 9.47 Å². The monoisotopic (exact) mass is 444 g/mol. The lowest BCUT2D eigenvalue weighted by Crippen LogP contribution is -2.46. The van der Waals surface area contributed by atoms with Crippen molar-refractivity contribution in [2.45, 2.75) is 77.9 Å². The number of hydrogen-bond acceptors (Lipinski definition) is 4. The summed E-state index contributed by atoms with van der Waals surface area (Å²) in [5, 5.41) is 0. The summed E-state index contributed by atoms with van der Waals surface area (Å²) in [5.74, 6) is 1.23. The maximum atomic E-state index is 13.4. The smallest absolute Gasteiger partial charge is 0.257 e. The first-order valence-corrected chi connectivity index (χ1v) is 12.4. The van der Waals surface area contributed by atoms with Crippen LogP contribution in [0.2, 0.25) is 0 Å². The van der Waals surface area contributed by atoms with E-state index in [0.29, 0.717) is 49.9 Å². The number of hydrogen-bond donors (Lipinski definition) is 0. The van der Waals surface area contributed by atoms with Crippen LogP contribution in [0.4, 0.5) is 0 Å². The molecule has 6 heteroatoms. The van der Waals surface area contributed by atoms with E-state index in [-0.39, 0.29) is 24.0 Å². The van der Waals surface area contributed by atoms with Crippen LogP contribution in [0, 0.1) is 5.92 Å². The molecule has 2 aliphatic heterocycles. The molecule has 0 bridgehead atoms. The SMILES string of the molecule is CCN1CCCCN(C(=O)CC2CCCCO2)[C@@H](CC(C)C)COc2ccccc2C1=O. The van der Waals surface area contributed by atoms with Crippen LogP contribution in [0.25, 0.3) is 0 Å². The van der Waals surface area contributed by atoms with E-state index in [1.807, 2.05) is 41.0 Å². The first kappa shape index (κ1) is 24.6. The van der Waals surface area contributed by atoms with Crippen molar-refractivity contribution >= 4 is 11.8 Å². The van der Waals surface area contributed by atoms with Gasteiger partial charge in [-0.2, -0.15) is 0 Å². The Kier molecular flexibility index (Phi) is 9.39. The first-order chi connectivity index (χ1) is 15.5. The van der Waals surface area contributed by atoms with Gasteiger partial charge in [0.25, 0.3) is 5.91 Å². The fourth-order valence-electron chi connectivity index (χ4n) is 4.73. The molecule has 0 N–H and O–H groups in total. The molecule has 1 aromatic carbocycles. The van der Waals surface area contributed by atoms with Gasteiger partial charge < -0.3 is 19.3 Å². The Hall–Kier alpha value is -2.08. The highest BCUT2D eigenvalue weighted by atomic mass is 16.5. The van der Waals surface area contributed by atoms with E-state index in [2.05, 4.69) is 13.8 Å². The summed E-state index contributed by atoms with van der Waals surface area (Å²) in [6.45, 7) is 9.56. The van der Waals surface area contributed by atoms with E-state index in [9.17, 15) is 9.59 Å². The number of ether oxygens (including phenoxy) is 2. The lowest BCUT2D eigenvalue weighted by Gasteiger charge is -2.35. The summed E-state index contributed by atoms with van der Waals surface area (Å²) in [6.07, 6.45) is 6.29. The predicted octanol–water partition coefficient (Wildman–Crippen LogP) is 4.52. The van der Waals surface area contributed by atoms with Gasteiger partial charge in [0, 0.05) is 26.2 Å². The number of nitrogens with zero attached hydrogens (tertiary/aromatic N) is 2. The van der Waals surface area contributed by atoms with Crippen molar-refractivity contribution in [1.29, 1.82) is 0 Å². The largest absolute Gasteiger partial charge is 0.491 e. The molecule has 2 atom stereocenters. The standard InChI is InChI=1S/C26H40N2O4/c1-4-27-14-8-9-15-28(25(29)18-22-11-7-10-16-31-22)21(17-20(2)3)19-32-24-13-6-5-12-23(24)26(27)30/h5-6,12-13,20-22H,4,7-11,14-19H2,1-3H3/t21-,22?/m0/s1. The number of amides is 2. The van der Waals surface area contributed by atoms with Crippen LogP contribution in [0.1, 0.15) is 76.1 Å². The highest BCUT2D eigenvalue weighted by molar-refractivity contribution is 5.96. The highest BCUT2D eigenvalue weighted by Crippen LogP contribution is 2.24. The second-order valence-corrected chi connectivity index (χ2v) is 9.46. The molecule has 178 valence electrons. The number of benzene rings is 1. The molecular weight excluding hydrogens is 404 g/mol. The van der Waals surface area contributed by atoms with Gasteiger partial charge in [0.1, 0.15) is 12.4 Å². The molecule has 6 nitrogen and oxygen atoms in total. The molecule has 2 aliphatic rings. The Morgan fingerprint density at radius 2 is 1.91 bits per heavy atom. The van der Waals surface area contributed by atoms with Crippen LogP contribution in [-0.4, -0.2) is 66.6 Å². The maximum absolute atomic E-state index is 13.4. The Balaban J connectivity index is 1.83. The van der Waals surface area contributed by atoms with Gasteiger partial charge in [-0.15, -0.1) is 0 Å². The Morgan fingerprint density at radius 1 is 1.12 bits per heavy atom. The molecule has 1 saturated heterocycles. The fraction of sp³-hybridized carbons (Fsp3) is 0.692. The summed E-state index contributed by atoms with van der Waals surface area (Å²) >= 11 is 0. The quantitative estimate of drug-likeness (QED) is 0.670. The Morgan fingerprint density at radius 3 is 2.62 bits per heavy atom. The van der Waals surface area contributed by atoms with Crippen molar-refractivity contribution in [3.05, 3.63) is 29.8 Å². The molecule has 0 aliphatic carbocycles. The molecule has 0 radical (unpaired) electrons. The predicted molar refractivity (Wildman–Crippen MR) is 126 cm³/mol. The molecule has 32 heavy (non-hydrogen) atoms. The van der Waals surface area contributed by atoms with Gasteiger partial charge in [-0.25, -0.2) is 0 Å². The fourth-order valence-corrected chi connectivity index (χ4v) is 4.73. The van der Waals surface area contributed by atoms with Gasteiger partial charge >= 0.3 is 0 Å². The summed E-state index contributed by atoms with van der Waals surface area (Å²) in [6, 6.07) is 7.46. The van der Waals surface area contributed by atoms with Crippen molar-refractivity contribution in [2.75, 3.05) is 32.8 Å². The topological polar surface area (TPSA) is 59.1 Å². The summed E-state index contributed by atoms with van der Waals surface area (Å²) < 4.78 is 12.1. The van der Waals surface area contributed by atoms with Gasteiger partial charge in [0.05, 0.1) is 24.1 Å². The van der Waals surface area contributed by atoms with Gasteiger partial charge in [-0.1, -0.05) is 26.0 Å². The normalized spacial score (nSPS) is 23.2. The molecule has 1 fully saturated rings. The van der Waals surface area contributed by atoms with Crippen LogP contribution in [0.5, 0.6) is 5.75 Å². The molecule has 2 amide bonds. The lowest BCUT2D eigenvalue weighted by molar-refractivity contribution is -0.138. The number of rotatable bonds is 5. The number of carbonyl (C=O) groups excluding carboxylic acids is 2. The van der Waals surface area contributed by atoms with E-state index >= 15 is 0 Å². The van der Waals surface area contributed by atoms with Gasteiger partial charge in [-0.05, 0) is 63.5 Å². The second kappa shape index (κ2) is 12.2. The lowest BCUT2D eigenvalue weighted by atomic mass is 10.00. The zero-order valence-electron chi connectivity index (χ0n) is 20.1. The van der Waals surface area contributed by atoms with Crippen molar-refractivity contribution < 1.29 is 19.1 Å². The summed E-state index contributed by atoms with van der Waals surface area (Å²) in [7, 11) is 0. The first-order valence-electron chi connectivity index (χ1n) is 12.4. The third-order valence-corrected chi connectivity index (χ3v) is 6.48. The Bertz CT molecular complexity index is 745. The van der Waals surface area contributed by atoms with Crippen molar-refractivity contribution in [2.24, 2.45) is 5.92 Å². The highest BCUT2D eigenvalue weighted by Gasteiger charge is 2.29. The van der Waals surface area contributed by atoms with Gasteiger partial charge in [0.2, 0.25) is 5.91 Å². The van der Waals surface area contributed by atoms with Crippen LogP contribution in [-0.2, 0) is 9.53 Å². The molecule has 1 aromatic rings. The minimum Gasteiger partial charge on any atom is -0.491 e. The maximum Gasteiger partial charge on any atom is 0.257 e. The number of para-hydroxylation sites is 1. The van der Waals surface area contributed by atoms with Crippen LogP contribution in [0.15, 0.2) is 24.3 Å². The molecule has 0 aromatic heterocycles. The van der Waals surface area contributed by atoms with Crippen molar-refractivity contribution in [3.8, 4) is 5.75 Å². The van der Waals surface area contributed by atoms with E-state index < -0.39 is 0 Å². The molecule has 0 saturated carbocycles. The Labute approximate surface area is 193 Å². The summed E-state index contributed by atoms with van der Waals surface area (Å²) in [5.41, 5.74) is 0.603. The minimum atomic E-state index is -0.0176. The van der Waals surface area contributed by atoms with Gasteiger partial charge in [-0.3, -0.25) is 9.59 Å². The summed E-state index contributed by atoms with van der Waals surface area (Å²) in [4.78, 5) is 30.4. The van der Waals surface area contributed by atoms with Crippen molar-refractivity contribution in [1.82, 2.24) is 9.80 Å². The minimum absolute atomic E-state index is 0.0176. The van der Waals surface area contributed by atoms with E-state index in [0.717, 1.165) is 45.1 Å². The third-order valence-electron chi connectivity index (χ3n) is 6.48. The zero-order valence-corrected chi connectivity index (χ0v) is 20.1. The van der Waals surface area contributed by atoms with Crippen LogP contribution < -0.4 is 4.74 Å². The number of carbonyl (C=O) groups is 2. The average molecular weight is 445 g/mol. The van der Waals surface area contributed by atoms with E-state index in [1.165, 1.54) is 0 Å². The van der Waals surface area contributed by atoms with Crippen LogP contribution >= 0.6 is 0 Å².